The van der Waals surface area contributed by atoms with Crippen LogP contribution < -0.4 is 15.1 Å². The Morgan fingerprint density at radius 1 is 0.889 bits per heavy atom. The standard InChI is InChI=1S/C23H23N3O/c1-16-8-10-17(11-9-16)22-24-21-7-5-4-6-20(21)23(27)26(22)19-14-12-18(13-15-19)25(2)3/h4-15,22,24H,1-3H3/t22-/m1/s1. The molecule has 1 aliphatic rings. The Labute approximate surface area is 160 Å². The summed E-state index contributed by atoms with van der Waals surface area (Å²) in [7, 11) is 4.02. The highest BCUT2D eigenvalue weighted by Crippen LogP contribution is 2.37. The van der Waals surface area contributed by atoms with Gasteiger partial charge in [-0.05, 0) is 48.9 Å². The molecule has 0 aromatic heterocycles. The lowest BCUT2D eigenvalue weighted by atomic mass is 10.0. The van der Waals surface area contributed by atoms with Crippen molar-refractivity contribution in [2.75, 3.05) is 29.2 Å². The van der Waals surface area contributed by atoms with Gasteiger partial charge >= 0.3 is 0 Å². The van der Waals surface area contributed by atoms with Crippen LogP contribution in [0.25, 0.3) is 0 Å². The molecule has 0 radical (unpaired) electrons. The topological polar surface area (TPSA) is 35.6 Å². The van der Waals surface area contributed by atoms with Gasteiger partial charge in [0.15, 0.2) is 0 Å². The lowest BCUT2D eigenvalue weighted by molar-refractivity contribution is 0.0975. The van der Waals surface area contributed by atoms with Crippen LogP contribution in [0.15, 0.2) is 72.8 Å². The first kappa shape index (κ1) is 17.2. The van der Waals surface area contributed by atoms with E-state index in [2.05, 4.69) is 36.5 Å². The van der Waals surface area contributed by atoms with E-state index in [-0.39, 0.29) is 12.1 Å². The molecule has 4 rings (SSSR count). The van der Waals surface area contributed by atoms with E-state index < -0.39 is 0 Å². The highest BCUT2D eigenvalue weighted by molar-refractivity contribution is 6.12. The third-order valence-corrected chi connectivity index (χ3v) is 4.96. The molecule has 136 valence electrons. The van der Waals surface area contributed by atoms with Gasteiger partial charge in [-0.1, -0.05) is 42.0 Å². The Morgan fingerprint density at radius 2 is 1.56 bits per heavy atom. The number of nitrogens with zero attached hydrogens (tertiary/aromatic N) is 2. The second-order valence-corrected chi connectivity index (χ2v) is 7.09. The molecule has 0 saturated carbocycles. The SMILES string of the molecule is Cc1ccc([C@@H]2Nc3ccccc3C(=O)N2c2ccc(N(C)C)cc2)cc1. The molecule has 27 heavy (non-hydrogen) atoms. The van der Waals surface area contributed by atoms with E-state index >= 15 is 0 Å². The number of carbonyl (C=O) groups is 1. The number of hydrogen-bond acceptors (Lipinski definition) is 3. The summed E-state index contributed by atoms with van der Waals surface area (Å²) in [5, 5.41) is 3.54. The fourth-order valence-corrected chi connectivity index (χ4v) is 3.41. The maximum absolute atomic E-state index is 13.4. The Bertz CT molecular complexity index is 962. The van der Waals surface area contributed by atoms with Crippen LogP contribution >= 0.6 is 0 Å². The Kier molecular flexibility index (Phi) is 4.32. The first-order chi connectivity index (χ1) is 13.0. The number of carbonyl (C=O) groups excluding carboxylic acids is 1. The molecular weight excluding hydrogens is 334 g/mol. The van der Waals surface area contributed by atoms with Crippen molar-refractivity contribution in [3.05, 3.63) is 89.5 Å². The normalized spacial score (nSPS) is 15.9. The number of hydrogen-bond donors (Lipinski definition) is 1. The molecule has 1 amide bonds. The summed E-state index contributed by atoms with van der Waals surface area (Å²) in [5.41, 5.74) is 5.79. The summed E-state index contributed by atoms with van der Waals surface area (Å²) in [6, 6.07) is 24.1. The number of benzene rings is 3. The first-order valence-electron chi connectivity index (χ1n) is 9.08. The third-order valence-electron chi connectivity index (χ3n) is 4.96. The van der Waals surface area contributed by atoms with Crippen molar-refractivity contribution in [2.45, 2.75) is 13.1 Å². The monoisotopic (exact) mass is 357 g/mol. The molecule has 1 N–H and O–H groups in total. The maximum atomic E-state index is 13.4. The fourth-order valence-electron chi connectivity index (χ4n) is 3.41. The molecular formula is C23H23N3O. The van der Waals surface area contributed by atoms with E-state index in [0.29, 0.717) is 5.56 Å². The molecule has 3 aromatic carbocycles. The summed E-state index contributed by atoms with van der Waals surface area (Å²) >= 11 is 0. The average Bonchev–Trinajstić information content (AvgIpc) is 2.69. The van der Waals surface area contributed by atoms with E-state index in [9.17, 15) is 4.79 Å². The number of anilines is 3. The minimum absolute atomic E-state index is 0.00697. The Balaban J connectivity index is 1.81. The van der Waals surface area contributed by atoms with Crippen LogP contribution in [0, 0.1) is 6.92 Å². The predicted octanol–water partition coefficient (Wildman–Crippen LogP) is 4.83. The van der Waals surface area contributed by atoms with Gasteiger partial charge in [-0.15, -0.1) is 0 Å². The molecule has 4 heteroatoms. The maximum Gasteiger partial charge on any atom is 0.262 e. The second-order valence-electron chi connectivity index (χ2n) is 7.09. The van der Waals surface area contributed by atoms with Crippen LogP contribution in [0.1, 0.15) is 27.7 Å². The van der Waals surface area contributed by atoms with E-state index in [0.717, 1.165) is 22.6 Å². The number of rotatable bonds is 3. The van der Waals surface area contributed by atoms with Crippen molar-refractivity contribution >= 4 is 23.0 Å². The highest BCUT2D eigenvalue weighted by atomic mass is 16.2. The summed E-state index contributed by atoms with van der Waals surface area (Å²) in [6.45, 7) is 2.07. The molecule has 1 heterocycles. The van der Waals surface area contributed by atoms with Crippen molar-refractivity contribution in [1.82, 2.24) is 0 Å². The summed E-state index contributed by atoms with van der Waals surface area (Å²) in [6.07, 6.45) is -0.252. The zero-order valence-electron chi connectivity index (χ0n) is 15.8. The number of amides is 1. The lowest BCUT2D eigenvalue weighted by Gasteiger charge is -2.38. The molecule has 0 saturated heterocycles. The van der Waals surface area contributed by atoms with Gasteiger partial charge < -0.3 is 10.2 Å². The summed E-state index contributed by atoms with van der Waals surface area (Å²) in [5.74, 6) is 0.00697. The second kappa shape index (κ2) is 6.80. The molecule has 0 aliphatic carbocycles. The van der Waals surface area contributed by atoms with Gasteiger partial charge in [0.25, 0.3) is 5.91 Å². The average molecular weight is 357 g/mol. The van der Waals surface area contributed by atoms with Gasteiger partial charge in [0.05, 0.1) is 5.56 Å². The van der Waals surface area contributed by atoms with Crippen molar-refractivity contribution in [3.63, 3.8) is 0 Å². The van der Waals surface area contributed by atoms with Gasteiger partial charge in [-0.3, -0.25) is 9.69 Å². The molecule has 4 nitrogen and oxygen atoms in total. The van der Waals surface area contributed by atoms with Crippen LogP contribution in [0.2, 0.25) is 0 Å². The van der Waals surface area contributed by atoms with Crippen molar-refractivity contribution < 1.29 is 4.79 Å². The predicted molar refractivity (Wildman–Crippen MR) is 112 cm³/mol. The van der Waals surface area contributed by atoms with Gasteiger partial charge in [0.1, 0.15) is 6.17 Å². The van der Waals surface area contributed by atoms with Crippen LogP contribution in [-0.4, -0.2) is 20.0 Å². The van der Waals surface area contributed by atoms with Gasteiger partial charge in [0.2, 0.25) is 0 Å². The molecule has 1 atom stereocenters. The van der Waals surface area contributed by atoms with Crippen LogP contribution in [0.4, 0.5) is 17.1 Å². The highest BCUT2D eigenvalue weighted by Gasteiger charge is 2.33. The zero-order chi connectivity index (χ0) is 19.0. The fraction of sp³-hybridized carbons (Fsp3) is 0.174. The van der Waals surface area contributed by atoms with Crippen molar-refractivity contribution in [1.29, 1.82) is 0 Å². The third kappa shape index (κ3) is 3.14. The summed E-state index contributed by atoms with van der Waals surface area (Å²) in [4.78, 5) is 17.3. The summed E-state index contributed by atoms with van der Waals surface area (Å²) < 4.78 is 0. The van der Waals surface area contributed by atoms with Gasteiger partial charge in [-0.25, -0.2) is 0 Å². The lowest BCUT2D eigenvalue weighted by Crippen LogP contribution is -2.43. The van der Waals surface area contributed by atoms with Crippen molar-refractivity contribution in [3.8, 4) is 0 Å². The number of aryl methyl sites for hydroxylation is 1. The molecule has 1 aliphatic heterocycles. The quantitative estimate of drug-likeness (QED) is 0.729. The molecule has 0 bridgehead atoms. The molecule has 0 fully saturated rings. The first-order valence-corrected chi connectivity index (χ1v) is 9.08. The van der Waals surface area contributed by atoms with Gasteiger partial charge in [-0.2, -0.15) is 0 Å². The minimum atomic E-state index is -0.252. The number of fused-ring (bicyclic) bond motifs is 1. The number of para-hydroxylation sites is 1. The minimum Gasteiger partial charge on any atom is -0.378 e. The van der Waals surface area contributed by atoms with Crippen LogP contribution in [0.5, 0.6) is 0 Å². The zero-order valence-corrected chi connectivity index (χ0v) is 15.8. The molecule has 0 spiro atoms. The van der Waals surface area contributed by atoms with Crippen molar-refractivity contribution in [2.24, 2.45) is 0 Å². The number of nitrogens with one attached hydrogen (secondary N) is 1. The van der Waals surface area contributed by atoms with Crippen LogP contribution in [0.3, 0.4) is 0 Å². The van der Waals surface area contributed by atoms with E-state index in [1.807, 2.05) is 72.4 Å². The molecule has 3 aromatic rings. The van der Waals surface area contributed by atoms with E-state index in [4.69, 9.17) is 0 Å². The van der Waals surface area contributed by atoms with Gasteiger partial charge in [0, 0.05) is 31.2 Å². The van der Waals surface area contributed by atoms with Crippen LogP contribution in [-0.2, 0) is 0 Å². The Morgan fingerprint density at radius 3 is 2.22 bits per heavy atom. The Hall–Kier alpha value is -3.27. The molecule has 0 unspecified atom stereocenters. The van der Waals surface area contributed by atoms with E-state index in [1.54, 1.807) is 0 Å². The van der Waals surface area contributed by atoms with E-state index in [1.165, 1.54) is 5.56 Å². The largest absolute Gasteiger partial charge is 0.378 e. The smallest absolute Gasteiger partial charge is 0.262 e.